The number of hydrogen-bond donors (Lipinski definition) is 1. The number of aryl methyl sites for hydroxylation is 2. The van der Waals surface area contributed by atoms with Gasteiger partial charge in [0.25, 0.3) is 11.5 Å². The van der Waals surface area contributed by atoms with Gasteiger partial charge < -0.3 is 19.2 Å². The van der Waals surface area contributed by atoms with Gasteiger partial charge in [0, 0.05) is 26.0 Å². The summed E-state index contributed by atoms with van der Waals surface area (Å²) in [5.74, 6) is 0.599. The summed E-state index contributed by atoms with van der Waals surface area (Å²) in [5, 5.41) is 0.000357. The van der Waals surface area contributed by atoms with Crippen LogP contribution in [0, 0.1) is 6.92 Å². The molecule has 1 N–H and O–H groups in total. The molecule has 23 heavy (non-hydrogen) atoms. The molecule has 1 atom stereocenters. The Morgan fingerprint density at radius 3 is 2.96 bits per heavy atom. The van der Waals surface area contributed by atoms with E-state index in [2.05, 4.69) is 9.97 Å². The second-order valence-electron chi connectivity index (χ2n) is 5.53. The maximum Gasteiger partial charge on any atom is 0.266 e. The molecule has 1 saturated heterocycles. The zero-order valence-corrected chi connectivity index (χ0v) is 13.6. The van der Waals surface area contributed by atoms with Crippen LogP contribution in [-0.4, -0.2) is 45.0 Å². The zero-order chi connectivity index (χ0) is 16.6. The minimum absolute atomic E-state index is 0.000357. The average Bonchev–Trinajstić information content (AvgIpc) is 2.88. The van der Waals surface area contributed by atoms with Gasteiger partial charge in [0.05, 0.1) is 24.4 Å². The monoisotopic (exact) mass is 336 g/mol. The first-order valence-corrected chi connectivity index (χ1v) is 7.62. The molecule has 1 fully saturated rings. The molecule has 1 aliphatic rings. The highest BCUT2D eigenvalue weighted by Crippen LogP contribution is 2.22. The van der Waals surface area contributed by atoms with E-state index in [1.54, 1.807) is 4.90 Å². The smallest absolute Gasteiger partial charge is 0.266 e. The zero-order valence-electron chi connectivity index (χ0n) is 12.9. The Hall–Kier alpha value is -2.12. The van der Waals surface area contributed by atoms with E-state index in [1.807, 2.05) is 24.7 Å². The van der Waals surface area contributed by atoms with Crippen LogP contribution < -0.4 is 5.56 Å². The molecule has 0 radical (unpaired) electrons. The van der Waals surface area contributed by atoms with Gasteiger partial charge in [-0.2, -0.15) is 0 Å². The van der Waals surface area contributed by atoms with Crippen LogP contribution in [0.3, 0.4) is 0 Å². The highest BCUT2D eigenvalue weighted by Gasteiger charge is 2.29. The molecular weight excluding hydrogens is 320 g/mol. The summed E-state index contributed by atoms with van der Waals surface area (Å²) in [5.41, 5.74) is 0.847. The molecule has 8 heteroatoms. The fraction of sp³-hybridized carbons (Fsp3) is 0.400. The molecule has 7 nitrogen and oxygen atoms in total. The summed E-state index contributed by atoms with van der Waals surface area (Å²) in [6.45, 7) is 3.23. The van der Waals surface area contributed by atoms with E-state index in [4.69, 9.17) is 16.3 Å². The van der Waals surface area contributed by atoms with Crippen LogP contribution in [0.25, 0.3) is 0 Å². The van der Waals surface area contributed by atoms with Crippen molar-refractivity contribution in [1.82, 2.24) is 19.4 Å². The van der Waals surface area contributed by atoms with E-state index in [9.17, 15) is 9.59 Å². The minimum Gasteiger partial charge on any atom is -0.367 e. The Bertz CT molecular complexity index is 798. The normalized spacial score (nSPS) is 18.2. The van der Waals surface area contributed by atoms with Gasteiger partial charge >= 0.3 is 0 Å². The fourth-order valence-corrected chi connectivity index (χ4v) is 2.86. The largest absolute Gasteiger partial charge is 0.367 e. The number of carbonyl (C=O) groups is 1. The van der Waals surface area contributed by atoms with E-state index in [1.165, 1.54) is 12.3 Å². The van der Waals surface area contributed by atoms with Gasteiger partial charge in [0.15, 0.2) is 0 Å². The highest BCUT2D eigenvalue weighted by atomic mass is 35.5. The number of carbonyl (C=O) groups excluding carboxylic acids is 1. The number of nitrogens with zero attached hydrogens (tertiary/aromatic N) is 3. The van der Waals surface area contributed by atoms with Crippen molar-refractivity contribution in [1.29, 1.82) is 0 Å². The van der Waals surface area contributed by atoms with Crippen molar-refractivity contribution >= 4 is 17.5 Å². The third kappa shape index (κ3) is 3.16. The average molecular weight is 337 g/mol. The lowest BCUT2D eigenvalue weighted by Crippen LogP contribution is -2.43. The number of aromatic amines is 1. The van der Waals surface area contributed by atoms with Crippen molar-refractivity contribution in [2.24, 2.45) is 7.05 Å². The number of hydrogen-bond acceptors (Lipinski definition) is 4. The Morgan fingerprint density at radius 1 is 1.52 bits per heavy atom. The molecule has 2 aromatic heterocycles. The van der Waals surface area contributed by atoms with Crippen molar-refractivity contribution in [3.8, 4) is 0 Å². The van der Waals surface area contributed by atoms with Crippen LogP contribution in [0.15, 0.2) is 23.3 Å². The second-order valence-corrected chi connectivity index (χ2v) is 5.93. The number of aromatic nitrogens is 3. The van der Waals surface area contributed by atoms with Gasteiger partial charge in [0.2, 0.25) is 0 Å². The summed E-state index contributed by atoms with van der Waals surface area (Å²) in [7, 11) is 1.90. The van der Waals surface area contributed by atoms with Crippen LogP contribution in [-0.2, 0) is 11.8 Å². The fourth-order valence-electron chi connectivity index (χ4n) is 2.69. The summed E-state index contributed by atoms with van der Waals surface area (Å²) >= 11 is 5.79. The summed E-state index contributed by atoms with van der Waals surface area (Å²) < 4.78 is 7.66. The van der Waals surface area contributed by atoms with Gasteiger partial charge in [-0.1, -0.05) is 11.6 Å². The summed E-state index contributed by atoms with van der Waals surface area (Å²) in [6.07, 6.45) is 3.03. The van der Waals surface area contributed by atoms with E-state index >= 15 is 0 Å². The van der Waals surface area contributed by atoms with Crippen molar-refractivity contribution in [2.75, 3.05) is 19.7 Å². The second kappa shape index (κ2) is 6.17. The predicted octanol–water partition coefficient (Wildman–Crippen LogP) is 1.28. The number of H-pyrrole nitrogens is 1. The molecule has 3 heterocycles. The van der Waals surface area contributed by atoms with Gasteiger partial charge in [-0.15, -0.1) is 0 Å². The van der Waals surface area contributed by atoms with Gasteiger partial charge in [0.1, 0.15) is 17.0 Å². The van der Waals surface area contributed by atoms with Crippen LogP contribution in [0.1, 0.15) is 28.0 Å². The van der Waals surface area contributed by atoms with Crippen molar-refractivity contribution in [3.63, 3.8) is 0 Å². The maximum absolute atomic E-state index is 12.6. The lowest BCUT2D eigenvalue weighted by molar-refractivity contribution is -0.0279. The molecule has 2 aromatic rings. The number of imidazole rings is 1. The molecule has 1 unspecified atom stereocenters. The molecule has 1 aliphatic heterocycles. The van der Waals surface area contributed by atoms with Crippen LogP contribution in [0.5, 0.6) is 0 Å². The molecular formula is C15H17ClN4O3. The minimum atomic E-state index is -0.411. The van der Waals surface area contributed by atoms with Crippen molar-refractivity contribution in [3.05, 3.63) is 50.9 Å². The Kier molecular flexibility index (Phi) is 4.23. The molecule has 3 rings (SSSR count). The summed E-state index contributed by atoms with van der Waals surface area (Å²) in [6, 6.07) is 1.39. The van der Waals surface area contributed by atoms with Crippen LogP contribution >= 0.6 is 11.6 Å². The molecule has 0 aliphatic carbocycles. The van der Waals surface area contributed by atoms with E-state index in [-0.39, 0.29) is 17.0 Å². The van der Waals surface area contributed by atoms with E-state index in [0.717, 1.165) is 11.5 Å². The third-order valence-corrected chi connectivity index (χ3v) is 4.06. The van der Waals surface area contributed by atoms with Gasteiger partial charge in [-0.3, -0.25) is 9.59 Å². The Morgan fingerprint density at radius 2 is 2.30 bits per heavy atom. The number of ether oxygens (including phenoxy) is 1. The van der Waals surface area contributed by atoms with Crippen LogP contribution in [0.4, 0.5) is 0 Å². The number of rotatable bonds is 2. The first kappa shape index (κ1) is 15.8. The van der Waals surface area contributed by atoms with E-state index < -0.39 is 5.56 Å². The van der Waals surface area contributed by atoms with Crippen molar-refractivity contribution < 1.29 is 9.53 Å². The first-order chi connectivity index (χ1) is 11.0. The third-order valence-electron chi connectivity index (χ3n) is 3.78. The number of nitrogens with one attached hydrogen (secondary N) is 1. The lowest BCUT2D eigenvalue weighted by atomic mass is 10.2. The molecule has 0 bridgehead atoms. The quantitative estimate of drug-likeness (QED) is 0.896. The number of morpholine rings is 1. The van der Waals surface area contributed by atoms with Crippen molar-refractivity contribution in [2.45, 2.75) is 13.0 Å². The number of halogens is 1. The Labute approximate surface area is 137 Å². The number of pyridine rings is 1. The summed E-state index contributed by atoms with van der Waals surface area (Å²) in [4.78, 5) is 32.5. The number of amides is 1. The standard InChI is InChI=1S/C15H17ClN4O3/c1-9-7-19(2)13(18-9)12-8-20(3-4-23-12)15(22)10-5-11(16)14(21)17-6-10/h5-7,12H,3-4,8H2,1-2H3,(H,17,21). The molecule has 122 valence electrons. The molecule has 0 spiro atoms. The predicted molar refractivity (Wildman–Crippen MR) is 84.6 cm³/mol. The Balaban J connectivity index is 1.80. The van der Waals surface area contributed by atoms with E-state index in [0.29, 0.717) is 25.3 Å². The lowest BCUT2D eigenvalue weighted by Gasteiger charge is -2.32. The molecule has 0 aromatic carbocycles. The van der Waals surface area contributed by atoms with Gasteiger partial charge in [-0.05, 0) is 13.0 Å². The maximum atomic E-state index is 12.6. The highest BCUT2D eigenvalue weighted by molar-refractivity contribution is 6.30. The SMILES string of the molecule is Cc1cn(C)c(C2CN(C(=O)c3c[nH]c(=O)c(Cl)c3)CCO2)n1. The first-order valence-electron chi connectivity index (χ1n) is 7.24. The van der Waals surface area contributed by atoms with Gasteiger partial charge in [-0.25, -0.2) is 4.98 Å². The van der Waals surface area contributed by atoms with Crippen LogP contribution in [0.2, 0.25) is 5.02 Å². The molecule has 0 saturated carbocycles. The molecule has 1 amide bonds. The topological polar surface area (TPSA) is 80.2 Å².